The number of hydrogen-bond donors (Lipinski definition) is 3. The molecule has 0 saturated carbocycles. The van der Waals surface area contributed by atoms with E-state index in [1.807, 2.05) is 12.1 Å². The molecule has 13 heteroatoms. The maximum atomic E-state index is 11.4. The van der Waals surface area contributed by atoms with Crippen molar-refractivity contribution in [2.75, 3.05) is 26.5 Å². The lowest BCUT2D eigenvalue weighted by molar-refractivity contribution is -0.115. The Morgan fingerprint density at radius 3 is 2.31 bits per heavy atom. The van der Waals surface area contributed by atoms with E-state index in [2.05, 4.69) is 53.8 Å². The molecule has 0 atom stereocenters. The first-order valence-corrected chi connectivity index (χ1v) is 11.7. The summed E-state index contributed by atoms with van der Waals surface area (Å²) in [6.07, 6.45) is 3.75. The Morgan fingerprint density at radius 2 is 1.69 bits per heavy atom. The third kappa shape index (κ3) is 9.74. The van der Waals surface area contributed by atoms with Crippen molar-refractivity contribution in [3.05, 3.63) is 54.7 Å². The first-order chi connectivity index (χ1) is 17.6. The summed E-state index contributed by atoms with van der Waals surface area (Å²) in [4.78, 5) is 23.0. The Balaban J connectivity index is 0.000000844. The van der Waals surface area contributed by atoms with Gasteiger partial charge >= 0.3 is 0 Å². The van der Waals surface area contributed by atoms with Gasteiger partial charge in [-0.25, -0.2) is 0 Å². The van der Waals surface area contributed by atoms with Gasteiger partial charge < -0.3 is 30.7 Å². The second-order valence-electron chi connectivity index (χ2n) is 6.20. The number of thioether (sulfide) groups is 1. The van der Waals surface area contributed by atoms with Crippen molar-refractivity contribution in [3.63, 3.8) is 0 Å². The molecule has 0 radical (unpaired) electrons. The lowest BCUT2D eigenvalue weighted by atomic mass is 10.2. The van der Waals surface area contributed by atoms with E-state index in [0.29, 0.717) is 35.0 Å². The molecule has 0 aliphatic heterocycles. The predicted octanol–water partition coefficient (Wildman–Crippen LogP) is 3.29. The lowest BCUT2D eigenvalue weighted by Crippen LogP contribution is -2.09. The van der Waals surface area contributed by atoms with Gasteiger partial charge in [-0.3, -0.25) is 9.78 Å². The zero-order valence-electron chi connectivity index (χ0n) is 20.7. The van der Waals surface area contributed by atoms with Gasteiger partial charge in [0.1, 0.15) is 0 Å². The molecule has 4 rings (SSSR count). The lowest BCUT2D eigenvalue weighted by Gasteiger charge is -2.03. The second-order valence-corrected chi connectivity index (χ2v) is 7.13. The SMILES string of the molecule is C=NC.CCC(=O)Nc1ccc(-c2noc(CSc3nnc(-c4ccncc4)o3)n2)cc1.CN.CN. The molecule has 0 fully saturated rings. The Labute approximate surface area is 214 Å². The van der Waals surface area contributed by atoms with Crippen LogP contribution in [0.15, 0.2) is 67.9 Å². The van der Waals surface area contributed by atoms with Gasteiger partial charge in [-0.05, 0) is 57.2 Å². The van der Waals surface area contributed by atoms with Gasteiger partial charge in [-0.1, -0.05) is 23.8 Å². The van der Waals surface area contributed by atoms with Gasteiger partial charge in [0, 0.05) is 42.7 Å². The Hall–Kier alpha value is -3.94. The number of aromatic nitrogens is 5. The van der Waals surface area contributed by atoms with E-state index in [1.54, 1.807) is 50.6 Å². The highest BCUT2D eigenvalue weighted by Crippen LogP contribution is 2.26. The average Bonchev–Trinajstić information content (AvgIpc) is 3.61. The molecule has 3 aromatic heterocycles. The van der Waals surface area contributed by atoms with Crippen LogP contribution in [-0.2, 0) is 10.5 Å². The van der Waals surface area contributed by atoms with Crippen LogP contribution >= 0.6 is 11.8 Å². The minimum atomic E-state index is -0.0373. The maximum absolute atomic E-state index is 11.4. The fourth-order valence-electron chi connectivity index (χ4n) is 2.39. The average molecular weight is 514 g/mol. The molecular formula is C23H31N9O3S. The number of carbonyl (C=O) groups is 1. The molecule has 12 nitrogen and oxygen atoms in total. The number of benzene rings is 1. The van der Waals surface area contributed by atoms with Crippen LogP contribution in [0.2, 0.25) is 0 Å². The van der Waals surface area contributed by atoms with Gasteiger partial charge in [0.25, 0.3) is 5.22 Å². The van der Waals surface area contributed by atoms with Crippen LogP contribution in [0.1, 0.15) is 19.2 Å². The standard InChI is InChI=1S/C19H16N6O3S.C2H5N.2CH5N/c1-2-15(26)21-14-5-3-12(4-6-14)17-22-16(28-25-17)11-29-19-24-23-18(27-19)13-7-9-20-10-8-13;1-3-2;2*1-2/h3-10H,2,11H2,1H3,(H,21,26);1H2,2H3;2*2H2,1H3. The maximum Gasteiger partial charge on any atom is 0.277 e. The molecule has 4 aromatic rings. The van der Waals surface area contributed by atoms with Crippen LogP contribution in [0.5, 0.6) is 0 Å². The smallest absolute Gasteiger partial charge is 0.277 e. The zero-order valence-corrected chi connectivity index (χ0v) is 21.5. The first-order valence-electron chi connectivity index (χ1n) is 10.7. The van der Waals surface area contributed by atoms with E-state index in [-0.39, 0.29) is 5.91 Å². The highest BCUT2D eigenvalue weighted by atomic mass is 32.2. The number of nitrogens with two attached hydrogens (primary N) is 2. The van der Waals surface area contributed by atoms with Crippen molar-refractivity contribution >= 4 is 30.1 Å². The molecule has 0 saturated heterocycles. The number of amides is 1. The summed E-state index contributed by atoms with van der Waals surface area (Å²) in [7, 11) is 4.64. The number of anilines is 1. The molecular weight excluding hydrogens is 482 g/mol. The highest BCUT2D eigenvalue weighted by Gasteiger charge is 2.13. The summed E-state index contributed by atoms with van der Waals surface area (Å²) < 4.78 is 10.9. The summed E-state index contributed by atoms with van der Waals surface area (Å²) in [5.41, 5.74) is 11.3. The summed E-state index contributed by atoms with van der Waals surface area (Å²) in [6.45, 7) is 4.91. The number of nitrogens with one attached hydrogen (secondary N) is 1. The Kier molecular flexibility index (Phi) is 14.6. The molecule has 0 bridgehead atoms. The predicted molar refractivity (Wildman–Crippen MR) is 141 cm³/mol. The fourth-order valence-corrected chi connectivity index (χ4v) is 2.99. The Bertz CT molecular complexity index is 1150. The van der Waals surface area contributed by atoms with Gasteiger partial charge in [0.15, 0.2) is 0 Å². The largest absolute Gasteiger partial charge is 0.411 e. The van der Waals surface area contributed by atoms with E-state index in [1.165, 1.54) is 25.9 Å². The molecule has 192 valence electrons. The molecule has 1 amide bonds. The van der Waals surface area contributed by atoms with Crippen molar-refractivity contribution in [1.29, 1.82) is 0 Å². The molecule has 5 N–H and O–H groups in total. The van der Waals surface area contributed by atoms with Crippen LogP contribution in [0.25, 0.3) is 22.8 Å². The number of nitrogens with zero attached hydrogens (tertiary/aromatic N) is 6. The van der Waals surface area contributed by atoms with Crippen molar-refractivity contribution in [1.82, 2.24) is 25.3 Å². The van der Waals surface area contributed by atoms with E-state index in [0.717, 1.165) is 16.8 Å². The number of hydrogen-bond acceptors (Lipinski definition) is 12. The molecule has 0 aliphatic carbocycles. The van der Waals surface area contributed by atoms with Crippen LogP contribution in [0.3, 0.4) is 0 Å². The van der Waals surface area contributed by atoms with E-state index in [4.69, 9.17) is 8.94 Å². The quantitative estimate of drug-likeness (QED) is 0.243. The van der Waals surface area contributed by atoms with E-state index in [9.17, 15) is 4.79 Å². The third-order valence-corrected chi connectivity index (χ3v) is 4.67. The fraction of sp³-hybridized carbons (Fsp3) is 0.261. The second kappa shape index (κ2) is 17.5. The van der Waals surface area contributed by atoms with Crippen molar-refractivity contribution in [2.45, 2.75) is 24.3 Å². The summed E-state index contributed by atoms with van der Waals surface area (Å²) in [6, 6.07) is 10.8. The number of rotatable bonds is 7. The third-order valence-electron chi connectivity index (χ3n) is 3.87. The minimum Gasteiger partial charge on any atom is -0.411 e. The van der Waals surface area contributed by atoms with Crippen LogP contribution in [0.4, 0.5) is 5.69 Å². The molecule has 0 unspecified atom stereocenters. The van der Waals surface area contributed by atoms with E-state index < -0.39 is 0 Å². The number of pyridine rings is 1. The molecule has 3 heterocycles. The van der Waals surface area contributed by atoms with Gasteiger partial charge in [0.2, 0.25) is 23.5 Å². The number of aliphatic imine (C=N–C) groups is 1. The Morgan fingerprint density at radius 1 is 1.06 bits per heavy atom. The van der Waals surface area contributed by atoms with Gasteiger partial charge in [-0.15, -0.1) is 10.2 Å². The van der Waals surface area contributed by atoms with Gasteiger partial charge in [0.05, 0.1) is 5.75 Å². The van der Waals surface area contributed by atoms with Crippen LogP contribution in [-0.4, -0.2) is 59.1 Å². The summed E-state index contributed by atoms with van der Waals surface area (Å²) in [5.74, 6) is 1.70. The van der Waals surface area contributed by atoms with Crippen molar-refractivity contribution < 1.29 is 13.7 Å². The first kappa shape index (κ1) is 30.1. The molecule has 1 aromatic carbocycles. The zero-order chi connectivity index (χ0) is 26.8. The topological polar surface area (TPSA) is 184 Å². The van der Waals surface area contributed by atoms with Gasteiger partial charge in [-0.2, -0.15) is 4.98 Å². The number of carbonyl (C=O) groups excluding carboxylic acids is 1. The normalized spacial score (nSPS) is 9.39. The monoisotopic (exact) mass is 513 g/mol. The van der Waals surface area contributed by atoms with Crippen LogP contribution in [0, 0.1) is 0 Å². The molecule has 0 spiro atoms. The highest BCUT2D eigenvalue weighted by molar-refractivity contribution is 7.98. The van der Waals surface area contributed by atoms with Crippen LogP contribution < -0.4 is 16.8 Å². The molecule has 36 heavy (non-hydrogen) atoms. The van der Waals surface area contributed by atoms with Crippen molar-refractivity contribution in [2.24, 2.45) is 16.5 Å². The van der Waals surface area contributed by atoms with E-state index >= 15 is 0 Å². The summed E-state index contributed by atoms with van der Waals surface area (Å²) in [5, 5.41) is 15.2. The summed E-state index contributed by atoms with van der Waals surface area (Å²) >= 11 is 1.31. The molecule has 0 aliphatic rings. The van der Waals surface area contributed by atoms with Crippen molar-refractivity contribution in [3.8, 4) is 22.8 Å². The minimum absolute atomic E-state index is 0.0373.